The Labute approximate surface area is 181 Å². The molecule has 1 heterocycles. The maximum absolute atomic E-state index is 13.7. The number of non-ortho nitro benzene ring substituents is 1. The van der Waals surface area contributed by atoms with Gasteiger partial charge in [0.2, 0.25) is 0 Å². The molecule has 0 saturated carbocycles. The van der Waals surface area contributed by atoms with Gasteiger partial charge in [0.15, 0.2) is 0 Å². The lowest BCUT2D eigenvalue weighted by Gasteiger charge is -2.18. The van der Waals surface area contributed by atoms with E-state index in [1.165, 1.54) is 49.6 Å². The van der Waals surface area contributed by atoms with Crippen molar-refractivity contribution < 1.29 is 23.6 Å². The third kappa shape index (κ3) is 3.67. The lowest BCUT2D eigenvalue weighted by molar-refractivity contribution is -0.384. The second-order valence-corrected chi connectivity index (χ2v) is 6.81. The normalized spacial score (nSPS) is 13.5. The fourth-order valence-corrected chi connectivity index (χ4v) is 3.41. The van der Waals surface area contributed by atoms with Crippen LogP contribution < -0.4 is 15.0 Å². The molecule has 3 aromatic carbocycles. The van der Waals surface area contributed by atoms with E-state index in [4.69, 9.17) is 4.74 Å². The second-order valence-electron chi connectivity index (χ2n) is 6.81. The molecule has 1 aliphatic heterocycles. The van der Waals surface area contributed by atoms with Gasteiger partial charge in [-0.05, 0) is 48.0 Å². The molecule has 0 fully saturated rings. The maximum atomic E-state index is 13.7. The van der Waals surface area contributed by atoms with E-state index < -0.39 is 22.6 Å². The van der Waals surface area contributed by atoms with Crippen LogP contribution in [-0.2, 0) is 9.59 Å². The van der Waals surface area contributed by atoms with Gasteiger partial charge in [-0.1, -0.05) is 18.2 Å². The van der Waals surface area contributed by atoms with Crippen molar-refractivity contribution >= 4 is 34.4 Å². The number of ether oxygens (including phenoxy) is 1. The Hall–Kier alpha value is -4.53. The first-order valence-electron chi connectivity index (χ1n) is 9.44. The third-order valence-electron chi connectivity index (χ3n) is 4.87. The van der Waals surface area contributed by atoms with Gasteiger partial charge in [-0.25, -0.2) is 9.29 Å². The highest BCUT2D eigenvalue weighted by molar-refractivity contribution is 6.46. The molecule has 0 radical (unpaired) electrons. The van der Waals surface area contributed by atoms with Crippen LogP contribution in [0.25, 0.3) is 5.57 Å². The molecule has 2 amide bonds. The number of rotatable bonds is 6. The largest absolute Gasteiger partial charge is 0.495 e. The van der Waals surface area contributed by atoms with Crippen LogP contribution in [0.3, 0.4) is 0 Å². The molecular formula is C23H16FN3O5. The van der Waals surface area contributed by atoms with Crippen molar-refractivity contribution in [3.05, 3.63) is 100.0 Å². The molecule has 0 bridgehead atoms. The van der Waals surface area contributed by atoms with Crippen LogP contribution in [-0.4, -0.2) is 23.8 Å². The minimum Gasteiger partial charge on any atom is -0.495 e. The van der Waals surface area contributed by atoms with Crippen LogP contribution >= 0.6 is 0 Å². The number of imide groups is 1. The molecule has 160 valence electrons. The number of hydrogen-bond donors (Lipinski definition) is 1. The zero-order chi connectivity index (χ0) is 22.8. The van der Waals surface area contributed by atoms with E-state index >= 15 is 0 Å². The van der Waals surface area contributed by atoms with E-state index in [1.54, 1.807) is 30.3 Å². The molecule has 0 atom stereocenters. The van der Waals surface area contributed by atoms with E-state index in [0.29, 0.717) is 11.3 Å². The minimum absolute atomic E-state index is 0.0000605. The number of nitrogens with one attached hydrogen (secondary N) is 1. The molecule has 4 rings (SSSR count). The molecule has 8 nitrogen and oxygen atoms in total. The number of carbonyl (C=O) groups excluding carboxylic acids is 2. The maximum Gasteiger partial charge on any atom is 0.282 e. The van der Waals surface area contributed by atoms with E-state index in [-0.39, 0.29) is 28.3 Å². The van der Waals surface area contributed by atoms with Crippen molar-refractivity contribution in [1.29, 1.82) is 0 Å². The van der Waals surface area contributed by atoms with Crippen LogP contribution in [0.15, 0.2) is 78.5 Å². The second kappa shape index (κ2) is 8.31. The first kappa shape index (κ1) is 20.7. The van der Waals surface area contributed by atoms with Crippen molar-refractivity contribution in [2.24, 2.45) is 0 Å². The molecule has 0 unspecified atom stereocenters. The van der Waals surface area contributed by atoms with Gasteiger partial charge in [0.25, 0.3) is 17.5 Å². The van der Waals surface area contributed by atoms with Gasteiger partial charge in [-0.2, -0.15) is 0 Å². The quantitative estimate of drug-likeness (QED) is 0.356. The predicted molar refractivity (Wildman–Crippen MR) is 116 cm³/mol. The highest BCUT2D eigenvalue weighted by Gasteiger charge is 2.41. The van der Waals surface area contributed by atoms with Crippen molar-refractivity contribution in [1.82, 2.24) is 0 Å². The van der Waals surface area contributed by atoms with Crippen molar-refractivity contribution in [2.75, 3.05) is 17.3 Å². The predicted octanol–water partition coefficient (Wildman–Crippen LogP) is 4.14. The fraction of sp³-hybridized carbons (Fsp3) is 0.0435. The van der Waals surface area contributed by atoms with Gasteiger partial charge < -0.3 is 10.1 Å². The number of nitro groups is 1. The Morgan fingerprint density at radius 2 is 1.69 bits per heavy atom. The summed E-state index contributed by atoms with van der Waals surface area (Å²) in [4.78, 5) is 38.2. The molecule has 0 aromatic heterocycles. The summed E-state index contributed by atoms with van der Waals surface area (Å²) in [6.45, 7) is 0. The van der Waals surface area contributed by atoms with Crippen LogP contribution in [0.2, 0.25) is 0 Å². The highest BCUT2D eigenvalue weighted by Crippen LogP contribution is 2.38. The number of nitro benzene ring substituents is 1. The molecular weight excluding hydrogens is 417 g/mol. The smallest absolute Gasteiger partial charge is 0.282 e. The van der Waals surface area contributed by atoms with E-state index in [1.807, 2.05) is 0 Å². The number of para-hydroxylation sites is 2. The molecule has 9 heteroatoms. The Morgan fingerprint density at radius 3 is 2.34 bits per heavy atom. The van der Waals surface area contributed by atoms with E-state index in [0.717, 1.165) is 4.90 Å². The lowest BCUT2D eigenvalue weighted by Crippen LogP contribution is -2.32. The van der Waals surface area contributed by atoms with Gasteiger partial charge in [0.1, 0.15) is 17.3 Å². The van der Waals surface area contributed by atoms with Gasteiger partial charge in [-0.3, -0.25) is 19.7 Å². The van der Waals surface area contributed by atoms with Crippen LogP contribution in [0.1, 0.15) is 5.56 Å². The van der Waals surface area contributed by atoms with Crippen molar-refractivity contribution in [3.63, 3.8) is 0 Å². The first-order chi connectivity index (χ1) is 15.4. The summed E-state index contributed by atoms with van der Waals surface area (Å²) < 4.78 is 19.0. The van der Waals surface area contributed by atoms with Crippen molar-refractivity contribution in [2.45, 2.75) is 0 Å². The summed E-state index contributed by atoms with van der Waals surface area (Å²) in [6, 6.07) is 17.2. The molecule has 1 aliphatic rings. The Bertz CT molecular complexity index is 1270. The van der Waals surface area contributed by atoms with Gasteiger partial charge in [0, 0.05) is 17.8 Å². The van der Waals surface area contributed by atoms with Gasteiger partial charge in [0.05, 0.1) is 23.3 Å². The van der Waals surface area contributed by atoms with Crippen LogP contribution in [0.4, 0.5) is 21.5 Å². The molecule has 3 aromatic rings. The van der Waals surface area contributed by atoms with E-state index in [2.05, 4.69) is 5.32 Å². The van der Waals surface area contributed by atoms with Gasteiger partial charge >= 0.3 is 0 Å². The van der Waals surface area contributed by atoms with Gasteiger partial charge in [-0.15, -0.1) is 0 Å². The standard InChI is InChI=1S/C23H16FN3O5/c1-32-19-8-3-2-7-18(19)26-22(28)20(14-9-11-17(12-10-14)27(30)31)21(23(26)29)25-16-6-4-5-15(24)13-16/h2-13,25H,1H3. The summed E-state index contributed by atoms with van der Waals surface area (Å²) in [7, 11) is 1.42. The Balaban J connectivity index is 1.84. The summed E-state index contributed by atoms with van der Waals surface area (Å²) in [6.07, 6.45) is 0. The van der Waals surface area contributed by atoms with Crippen molar-refractivity contribution in [3.8, 4) is 5.75 Å². The number of amides is 2. The summed E-state index contributed by atoms with van der Waals surface area (Å²) in [5.74, 6) is -1.53. The number of carbonyl (C=O) groups is 2. The average molecular weight is 433 g/mol. The molecule has 1 N–H and O–H groups in total. The summed E-state index contributed by atoms with van der Waals surface area (Å²) in [5, 5.41) is 13.8. The molecule has 0 saturated heterocycles. The monoisotopic (exact) mass is 433 g/mol. The zero-order valence-electron chi connectivity index (χ0n) is 16.7. The number of halogens is 1. The minimum atomic E-state index is -0.669. The first-order valence-corrected chi connectivity index (χ1v) is 9.44. The number of benzene rings is 3. The lowest BCUT2D eigenvalue weighted by atomic mass is 10.0. The van der Waals surface area contributed by atoms with Crippen LogP contribution in [0.5, 0.6) is 5.75 Å². The SMILES string of the molecule is COc1ccccc1N1C(=O)C(Nc2cccc(F)c2)=C(c2ccc([N+](=O)[O-])cc2)C1=O. The number of nitrogens with zero attached hydrogens (tertiary/aromatic N) is 2. The third-order valence-corrected chi connectivity index (χ3v) is 4.87. The Morgan fingerprint density at radius 1 is 0.969 bits per heavy atom. The summed E-state index contributed by atoms with van der Waals surface area (Å²) in [5.41, 5.74) is 0.556. The number of hydrogen-bond acceptors (Lipinski definition) is 6. The molecule has 0 aliphatic carbocycles. The average Bonchev–Trinajstić information content (AvgIpc) is 3.03. The molecule has 0 spiro atoms. The zero-order valence-corrected chi connectivity index (χ0v) is 16.7. The number of anilines is 2. The highest BCUT2D eigenvalue weighted by atomic mass is 19.1. The number of methoxy groups -OCH3 is 1. The topological polar surface area (TPSA) is 102 Å². The fourth-order valence-electron chi connectivity index (χ4n) is 3.41. The molecule has 32 heavy (non-hydrogen) atoms. The van der Waals surface area contributed by atoms with Crippen LogP contribution in [0, 0.1) is 15.9 Å². The summed E-state index contributed by atoms with van der Waals surface area (Å²) >= 11 is 0. The van der Waals surface area contributed by atoms with E-state index in [9.17, 15) is 24.1 Å². The Kier molecular flexibility index (Phi) is 5.38.